The Bertz CT molecular complexity index is 1630. The van der Waals surface area contributed by atoms with E-state index in [1.54, 1.807) is 13.8 Å². The first kappa shape index (κ1) is 28.8. The molecule has 1 unspecified atom stereocenters. The number of benzene rings is 2. The maximum Gasteiger partial charge on any atom is 0.351 e. The van der Waals surface area contributed by atoms with Crippen LogP contribution in [0.25, 0.3) is 0 Å². The summed E-state index contributed by atoms with van der Waals surface area (Å²) < 4.78 is 47.0. The van der Waals surface area contributed by atoms with Gasteiger partial charge in [0.1, 0.15) is 11.6 Å². The molecule has 5 aliphatic rings. The number of rotatable bonds is 6. The lowest BCUT2D eigenvalue weighted by molar-refractivity contribution is -0.212. The quantitative estimate of drug-likeness (QED) is 0.385. The number of ketones is 2. The summed E-state index contributed by atoms with van der Waals surface area (Å²) in [5.74, 6) is -6.89. The van der Waals surface area contributed by atoms with Crippen molar-refractivity contribution < 1.29 is 47.3 Å². The number of aliphatic hydroxyl groups is 1. The van der Waals surface area contributed by atoms with E-state index in [2.05, 4.69) is 0 Å². The molecule has 232 valence electrons. The summed E-state index contributed by atoms with van der Waals surface area (Å²) in [5, 5.41) is 12.6. The van der Waals surface area contributed by atoms with Gasteiger partial charge in [-0.3, -0.25) is 9.59 Å². The van der Waals surface area contributed by atoms with Gasteiger partial charge in [-0.05, 0) is 68.5 Å². The van der Waals surface area contributed by atoms with Gasteiger partial charge in [0.25, 0.3) is 11.2 Å². The van der Waals surface area contributed by atoms with E-state index in [4.69, 9.17) is 14.2 Å². The van der Waals surface area contributed by atoms with Gasteiger partial charge in [-0.25, -0.2) is 18.4 Å². The second-order valence-corrected chi connectivity index (χ2v) is 12.1. The topological polar surface area (TPSA) is 123 Å². The minimum atomic E-state index is -3.11. The molecule has 0 radical (unpaired) electrons. The number of hydrogen-bond acceptors (Lipinski definition) is 10. The van der Waals surface area contributed by atoms with Crippen molar-refractivity contribution in [3.8, 4) is 0 Å². The Morgan fingerprint density at radius 2 is 1.50 bits per heavy atom. The van der Waals surface area contributed by atoms with Crippen molar-refractivity contribution in [2.24, 2.45) is 5.92 Å². The van der Waals surface area contributed by atoms with Crippen LogP contribution in [0, 0.1) is 17.6 Å². The standard InChI is InChI=1S/C32H32F2N2O8/c1-3-14-42-27(39)30(41)25(37)20-16-18(33)7-9-23(20)36-13-10-24-29-11-5-12-35(29)22-8-6-19(34)17-21(22)26(38)31(29,44-32(24,30)36)28(40)43-15-4-2/h6-9,16-17,24,41H,3-5,10-15H2,1-2H3/t24?,29-,30+,31+,32-/m0/s1. The van der Waals surface area contributed by atoms with Gasteiger partial charge in [-0.15, -0.1) is 0 Å². The van der Waals surface area contributed by atoms with Gasteiger partial charge in [-0.2, -0.15) is 0 Å². The van der Waals surface area contributed by atoms with Gasteiger partial charge in [0.2, 0.25) is 11.6 Å². The van der Waals surface area contributed by atoms with Crippen LogP contribution in [0.4, 0.5) is 20.2 Å². The third-order valence-corrected chi connectivity index (χ3v) is 10.0. The Hall–Kier alpha value is -3.90. The fourth-order valence-corrected chi connectivity index (χ4v) is 8.58. The van der Waals surface area contributed by atoms with Crippen LogP contribution >= 0.6 is 0 Å². The Morgan fingerprint density at radius 3 is 2.14 bits per heavy atom. The number of ether oxygens (including phenoxy) is 3. The number of carbonyl (C=O) groups is 4. The highest BCUT2D eigenvalue weighted by Crippen LogP contribution is 2.70. The molecule has 0 amide bonds. The summed E-state index contributed by atoms with van der Waals surface area (Å²) in [6.45, 7) is 3.79. The van der Waals surface area contributed by atoms with Crippen molar-refractivity contribution in [2.45, 2.75) is 68.4 Å². The fraction of sp³-hybridized carbons (Fsp3) is 0.500. The summed E-state index contributed by atoms with van der Waals surface area (Å²) in [6, 6.07) is 7.17. The van der Waals surface area contributed by atoms with Crippen molar-refractivity contribution in [3.05, 3.63) is 59.2 Å². The van der Waals surface area contributed by atoms with Gasteiger partial charge < -0.3 is 29.1 Å². The average Bonchev–Trinajstić information content (AvgIpc) is 3.70. The molecule has 7 rings (SSSR count). The van der Waals surface area contributed by atoms with Crippen LogP contribution in [0.5, 0.6) is 0 Å². The molecule has 0 aliphatic carbocycles. The molecule has 44 heavy (non-hydrogen) atoms. The molecular weight excluding hydrogens is 578 g/mol. The van der Waals surface area contributed by atoms with E-state index in [9.17, 15) is 33.1 Å². The third kappa shape index (κ3) is 3.10. The van der Waals surface area contributed by atoms with Crippen molar-refractivity contribution in [1.82, 2.24) is 0 Å². The van der Waals surface area contributed by atoms with Gasteiger partial charge in [0.15, 0.2) is 5.72 Å². The maximum absolute atomic E-state index is 14.8. The van der Waals surface area contributed by atoms with Crippen molar-refractivity contribution in [3.63, 3.8) is 0 Å². The average molecular weight is 611 g/mol. The lowest BCUT2D eigenvalue weighted by atomic mass is 9.61. The summed E-state index contributed by atoms with van der Waals surface area (Å²) in [4.78, 5) is 60.9. The Morgan fingerprint density at radius 1 is 0.909 bits per heavy atom. The number of Topliss-reactive ketones (excluding diaryl/α,β-unsaturated/α-hetero) is 2. The van der Waals surface area contributed by atoms with E-state index in [0.717, 1.165) is 18.2 Å². The number of halogens is 2. The zero-order chi connectivity index (χ0) is 31.2. The maximum atomic E-state index is 14.8. The molecule has 3 saturated heterocycles. The molecule has 2 aromatic carbocycles. The van der Waals surface area contributed by atoms with Crippen LogP contribution in [0.1, 0.15) is 66.7 Å². The normalized spacial score (nSPS) is 32.8. The largest absolute Gasteiger partial charge is 0.463 e. The number of hydrogen-bond donors (Lipinski definition) is 1. The lowest BCUT2D eigenvalue weighted by Crippen LogP contribution is -2.75. The summed E-state index contributed by atoms with van der Waals surface area (Å²) in [5.41, 5.74) is -9.26. The highest BCUT2D eigenvalue weighted by atomic mass is 19.1. The Balaban J connectivity index is 1.56. The van der Waals surface area contributed by atoms with E-state index in [1.807, 2.05) is 4.90 Å². The van der Waals surface area contributed by atoms with Crippen LogP contribution in [-0.4, -0.2) is 77.4 Å². The molecule has 0 bridgehead atoms. The first-order chi connectivity index (χ1) is 21.1. The highest BCUT2D eigenvalue weighted by molar-refractivity contribution is 6.24. The van der Waals surface area contributed by atoms with Crippen LogP contribution in [0.2, 0.25) is 0 Å². The molecular formula is C32H32F2N2O8. The van der Waals surface area contributed by atoms with Crippen molar-refractivity contribution in [1.29, 1.82) is 0 Å². The van der Waals surface area contributed by atoms with Crippen LogP contribution in [-0.2, 0) is 23.8 Å². The van der Waals surface area contributed by atoms with Gasteiger partial charge >= 0.3 is 11.9 Å². The molecule has 10 nitrogen and oxygen atoms in total. The van der Waals surface area contributed by atoms with Crippen LogP contribution in [0.15, 0.2) is 36.4 Å². The monoisotopic (exact) mass is 610 g/mol. The zero-order valence-corrected chi connectivity index (χ0v) is 24.4. The second-order valence-electron chi connectivity index (χ2n) is 12.1. The molecule has 5 aliphatic heterocycles. The Labute approximate surface area is 251 Å². The van der Waals surface area contributed by atoms with Gasteiger partial charge in [-0.1, -0.05) is 13.8 Å². The van der Waals surface area contributed by atoms with E-state index >= 15 is 0 Å². The molecule has 5 atom stereocenters. The molecule has 0 saturated carbocycles. The minimum Gasteiger partial charge on any atom is -0.463 e. The number of carbonyl (C=O) groups excluding carboxylic acids is 4. The minimum absolute atomic E-state index is 0.0610. The zero-order valence-electron chi connectivity index (χ0n) is 24.4. The molecule has 3 fully saturated rings. The molecule has 0 aromatic heterocycles. The summed E-state index contributed by atoms with van der Waals surface area (Å²) in [7, 11) is 0. The second kappa shape index (κ2) is 9.55. The fourth-order valence-electron chi connectivity index (χ4n) is 8.58. The Kier molecular flexibility index (Phi) is 6.26. The summed E-state index contributed by atoms with van der Waals surface area (Å²) in [6.07, 6.45) is 1.66. The van der Waals surface area contributed by atoms with Crippen LogP contribution < -0.4 is 9.80 Å². The molecule has 1 N–H and O–H groups in total. The van der Waals surface area contributed by atoms with Crippen LogP contribution in [0.3, 0.4) is 0 Å². The first-order valence-corrected chi connectivity index (χ1v) is 15.1. The van der Waals surface area contributed by atoms with E-state index < -0.39 is 63.5 Å². The highest BCUT2D eigenvalue weighted by Gasteiger charge is 2.90. The van der Waals surface area contributed by atoms with Gasteiger partial charge in [0, 0.05) is 35.8 Å². The molecule has 5 heterocycles. The van der Waals surface area contributed by atoms with Crippen molar-refractivity contribution >= 4 is 34.9 Å². The SMILES string of the molecule is CCCOC(=O)[C@]1(O)C(=O)c2cc(F)ccc2N2CCC3[C@@]21O[C@@]1(C(=O)OCCC)C(=O)c2cc(F)ccc2N2CCC[C@@]321. The van der Waals surface area contributed by atoms with E-state index in [-0.39, 0.29) is 49.4 Å². The number of fused-ring (bicyclic) bond motifs is 4. The number of anilines is 2. The molecule has 12 heteroatoms. The molecule has 2 aromatic rings. The van der Waals surface area contributed by atoms with E-state index in [1.165, 1.54) is 23.1 Å². The first-order valence-electron chi connectivity index (χ1n) is 15.1. The predicted octanol–water partition coefficient (Wildman–Crippen LogP) is 3.33. The third-order valence-electron chi connectivity index (χ3n) is 10.0. The van der Waals surface area contributed by atoms with Gasteiger partial charge in [0.05, 0.1) is 24.4 Å². The number of nitrogens with zero attached hydrogens (tertiary/aromatic N) is 2. The molecule has 2 spiro atoms. The van der Waals surface area contributed by atoms with Crippen molar-refractivity contribution in [2.75, 3.05) is 36.1 Å². The number of esters is 2. The lowest BCUT2D eigenvalue weighted by Gasteiger charge is -2.52. The summed E-state index contributed by atoms with van der Waals surface area (Å²) >= 11 is 0. The smallest absolute Gasteiger partial charge is 0.351 e. The predicted molar refractivity (Wildman–Crippen MR) is 150 cm³/mol. The van der Waals surface area contributed by atoms with E-state index in [0.29, 0.717) is 31.5 Å².